The normalized spacial score (nSPS) is 13.5. The summed E-state index contributed by atoms with van der Waals surface area (Å²) in [6.07, 6.45) is 0. The minimum atomic E-state index is -3.58. The van der Waals surface area contributed by atoms with Gasteiger partial charge in [0.15, 0.2) is 11.5 Å². The maximum absolute atomic E-state index is 12.3. The Bertz CT molecular complexity index is 798. The lowest BCUT2D eigenvalue weighted by atomic mass is 10.3. The molecule has 0 radical (unpaired) electrons. The molecule has 2 heterocycles. The second-order valence-electron chi connectivity index (χ2n) is 5.06. The molecule has 118 valence electrons. The Morgan fingerprint density at radius 2 is 2.00 bits per heavy atom. The van der Waals surface area contributed by atoms with Crippen molar-refractivity contribution >= 4 is 10.0 Å². The summed E-state index contributed by atoms with van der Waals surface area (Å²) in [5, 5.41) is 4.30. The van der Waals surface area contributed by atoms with Crippen molar-refractivity contribution in [3.8, 4) is 11.5 Å². The van der Waals surface area contributed by atoms with Gasteiger partial charge in [0.2, 0.25) is 16.8 Å². The summed E-state index contributed by atoms with van der Waals surface area (Å²) in [6.45, 7) is 4.69. The van der Waals surface area contributed by atoms with Crippen LogP contribution in [0.5, 0.6) is 11.5 Å². The highest BCUT2D eigenvalue weighted by Crippen LogP contribution is 2.33. The SMILES string of the molecule is Cc1cc(C)n(CCNS(=O)(=O)c2ccc3c(c2)OCO3)n1. The van der Waals surface area contributed by atoms with Crippen LogP contribution in [0.3, 0.4) is 0 Å². The third-order valence-electron chi connectivity index (χ3n) is 3.37. The van der Waals surface area contributed by atoms with E-state index in [9.17, 15) is 8.42 Å². The second kappa shape index (κ2) is 5.62. The quantitative estimate of drug-likeness (QED) is 0.894. The van der Waals surface area contributed by atoms with Gasteiger partial charge in [-0.15, -0.1) is 0 Å². The number of nitrogens with one attached hydrogen (secondary N) is 1. The van der Waals surface area contributed by atoms with Gasteiger partial charge in [-0.25, -0.2) is 13.1 Å². The summed E-state index contributed by atoms with van der Waals surface area (Å²) >= 11 is 0. The van der Waals surface area contributed by atoms with E-state index in [4.69, 9.17) is 9.47 Å². The van der Waals surface area contributed by atoms with E-state index in [0.717, 1.165) is 11.4 Å². The Morgan fingerprint density at radius 3 is 2.73 bits per heavy atom. The molecule has 1 aromatic heterocycles. The number of nitrogens with zero attached hydrogens (tertiary/aromatic N) is 2. The van der Waals surface area contributed by atoms with Crippen LogP contribution in [-0.2, 0) is 16.6 Å². The van der Waals surface area contributed by atoms with Gasteiger partial charge >= 0.3 is 0 Å². The zero-order valence-corrected chi connectivity index (χ0v) is 13.2. The number of hydrogen-bond acceptors (Lipinski definition) is 5. The Labute approximate surface area is 128 Å². The first-order chi connectivity index (χ1) is 10.5. The average molecular weight is 323 g/mol. The van der Waals surface area contributed by atoms with Crippen LogP contribution in [0.15, 0.2) is 29.2 Å². The predicted molar refractivity (Wildman–Crippen MR) is 79.5 cm³/mol. The molecule has 2 aromatic rings. The first-order valence-corrected chi connectivity index (χ1v) is 8.34. The van der Waals surface area contributed by atoms with Crippen LogP contribution < -0.4 is 14.2 Å². The van der Waals surface area contributed by atoms with Gasteiger partial charge in [-0.3, -0.25) is 4.68 Å². The van der Waals surface area contributed by atoms with Crippen molar-refractivity contribution in [3.05, 3.63) is 35.7 Å². The number of benzene rings is 1. The zero-order valence-electron chi connectivity index (χ0n) is 12.4. The molecule has 0 aliphatic carbocycles. The summed E-state index contributed by atoms with van der Waals surface area (Å²) < 4.78 is 39.3. The summed E-state index contributed by atoms with van der Waals surface area (Å²) in [6, 6.07) is 6.51. The lowest BCUT2D eigenvalue weighted by molar-refractivity contribution is 0.174. The monoisotopic (exact) mass is 323 g/mol. The molecule has 7 nitrogen and oxygen atoms in total. The van der Waals surface area contributed by atoms with E-state index in [0.29, 0.717) is 18.0 Å². The van der Waals surface area contributed by atoms with Crippen molar-refractivity contribution in [1.29, 1.82) is 0 Å². The smallest absolute Gasteiger partial charge is 0.240 e. The Kier molecular flexibility index (Phi) is 3.79. The van der Waals surface area contributed by atoms with Crippen LogP contribution in [0, 0.1) is 13.8 Å². The van der Waals surface area contributed by atoms with Crippen molar-refractivity contribution in [1.82, 2.24) is 14.5 Å². The molecule has 0 spiro atoms. The van der Waals surface area contributed by atoms with E-state index in [1.54, 1.807) is 10.7 Å². The second-order valence-corrected chi connectivity index (χ2v) is 6.83. The van der Waals surface area contributed by atoms with E-state index < -0.39 is 10.0 Å². The van der Waals surface area contributed by atoms with Crippen molar-refractivity contribution in [2.75, 3.05) is 13.3 Å². The molecule has 1 N–H and O–H groups in total. The molecule has 0 amide bonds. The van der Waals surface area contributed by atoms with Crippen LogP contribution >= 0.6 is 0 Å². The van der Waals surface area contributed by atoms with Gasteiger partial charge in [0.05, 0.1) is 17.1 Å². The molecule has 0 saturated heterocycles. The molecule has 3 rings (SSSR count). The van der Waals surface area contributed by atoms with Gasteiger partial charge in [-0.1, -0.05) is 0 Å². The number of aromatic nitrogens is 2. The minimum Gasteiger partial charge on any atom is -0.454 e. The highest BCUT2D eigenvalue weighted by Gasteiger charge is 2.20. The van der Waals surface area contributed by atoms with Gasteiger partial charge in [-0.2, -0.15) is 5.10 Å². The Hall–Kier alpha value is -2.06. The maximum Gasteiger partial charge on any atom is 0.240 e. The van der Waals surface area contributed by atoms with Crippen molar-refractivity contribution < 1.29 is 17.9 Å². The number of fused-ring (bicyclic) bond motifs is 1. The topological polar surface area (TPSA) is 82.5 Å². The molecule has 0 unspecified atom stereocenters. The number of aryl methyl sites for hydroxylation is 2. The van der Waals surface area contributed by atoms with Gasteiger partial charge in [0.25, 0.3) is 0 Å². The van der Waals surface area contributed by atoms with Crippen molar-refractivity contribution in [2.24, 2.45) is 0 Å². The highest BCUT2D eigenvalue weighted by molar-refractivity contribution is 7.89. The largest absolute Gasteiger partial charge is 0.454 e. The van der Waals surface area contributed by atoms with E-state index in [1.165, 1.54) is 12.1 Å². The standard InChI is InChI=1S/C14H17N3O4S/c1-10-7-11(2)17(16-10)6-5-15-22(18,19)12-3-4-13-14(8-12)21-9-20-13/h3-4,7-8,15H,5-6,9H2,1-2H3. The first-order valence-electron chi connectivity index (χ1n) is 6.86. The molecule has 1 aliphatic rings. The fraction of sp³-hybridized carbons (Fsp3) is 0.357. The molecule has 0 atom stereocenters. The summed E-state index contributed by atoms with van der Waals surface area (Å²) in [7, 11) is -3.58. The highest BCUT2D eigenvalue weighted by atomic mass is 32.2. The first kappa shape index (κ1) is 14.9. The Balaban J connectivity index is 1.67. The third-order valence-corrected chi connectivity index (χ3v) is 4.83. The molecule has 1 aromatic carbocycles. The number of ether oxygens (including phenoxy) is 2. The lowest BCUT2D eigenvalue weighted by Gasteiger charge is -2.08. The van der Waals surface area contributed by atoms with Crippen LogP contribution in [0.1, 0.15) is 11.4 Å². The fourth-order valence-corrected chi connectivity index (χ4v) is 3.35. The van der Waals surface area contributed by atoms with Crippen LogP contribution in [0.4, 0.5) is 0 Å². The van der Waals surface area contributed by atoms with Crippen LogP contribution in [0.25, 0.3) is 0 Å². The van der Waals surface area contributed by atoms with Crippen LogP contribution in [-0.4, -0.2) is 31.5 Å². The van der Waals surface area contributed by atoms with E-state index >= 15 is 0 Å². The number of rotatable bonds is 5. The van der Waals surface area contributed by atoms with E-state index in [2.05, 4.69) is 9.82 Å². The van der Waals surface area contributed by atoms with E-state index in [1.807, 2.05) is 19.9 Å². The maximum atomic E-state index is 12.3. The summed E-state index contributed by atoms with van der Waals surface area (Å²) in [5.41, 5.74) is 1.91. The molecular weight excluding hydrogens is 306 g/mol. The number of sulfonamides is 1. The molecule has 0 saturated carbocycles. The summed E-state index contributed by atoms with van der Waals surface area (Å²) in [4.78, 5) is 0.158. The lowest BCUT2D eigenvalue weighted by Crippen LogP contribution is -2.28. The molecule has 0 bridgehead atoms. The Morgan fingerprint density at radius 1 is 1.23 bits per heavy atom. The molecule has 1 aliphatic heterocycles. The van der Waals surface area contributed by atoms with Gasteiger partial charge in [0.1, 0.15) is 0 Å². The van der Waals surface area contributed by atoms with Crippen LogP contribution in [0.2, 0.25) is 0 Å². The van der Waals surface area contributed by atoms with E-state index in [-0.39, 0.29) is 18.2 Å². The van der Waals surface area contributed by atoms with Crippen molar-refractivity contribution in [3.63, 3.8) is 0 Å². The molecule has 8 heteroatoms. The molecule has 22 heavy (non-hydrogen) atoms. The minimum absolute atomic E-state index is 0.115. The summed E-state index contributed by atoms with van der Waals surface area (Å²) in [5.74, 6) is 1.00. The van der Waals surface area contributed by atoms with Gasteiger partial charge in [0, 0.05) is 18.3 Å². The third kappa shape index (κ3) is 2.93. The van der Waals surface area contributed by atoms with Crippen molar-refractivity contribution in [2.45, 2.75) is 25.3 Å². The average Bonchev–Trinajstić information content (AvgIpc) is 3.04. The molecular formula is C14H17N3O4S. The molecule has 0 fully saturated rings. The zero-order chi connectivity index (χ0) is 15.7. The predicted octanol–water partition coefficient (Wildman–Crippen LogP) is 1.21. The van der Waals surface area contributed by atoms with Gasteiger partial charge in [-0.05, 0) is 32.0 Å². The fourth-order valence-electron chi connectivity index (χ4n) is 2.31. The number of hydrogen-bond donors (Lipinski definition) is 1. The van der Waals surface area contributed by atoms with Gasteiger partial charge < -0.3 is 9.47 Å².